The summed E-state index contributed by atoms with van der Waals surface area (Å²) < 4.78 is 19.0. The Morgan fingerprint density at radius 1 is 1.42 bits per heavy atom. The summed E-state index contributed by atoms with van der Waals surface area (Å²) in [4.78, 5) is 24.3. The summed E-state index contributed by atoms with van der Waals surface area (Å²) in [5.74, 6) is -0.755. The zero-order chi connectivity index (χ0) is 17.1. The second-order valence-electron chi connectivity index (χ2n) is 5.03. The van der Waals surface area contributed by atoms with Gasteiger partial charge in [-0.1, -0.05) is 0 Å². The van der Waals surface area contributed by atoms with E-state index in [1.54, 1.807) is 13.0 Å². The van der Waals surface area contributed by atoms with Crippen LogP contribution < -0.4 is 5.32 Å². The number of hydrogen-bond donors (Lipinski definition) is 1. The van der Waals surface area contributed by atoms with E-state index in [-0.39, 0.29) is 24.3 Å². The van der Waals surface area contributed by atoms with Gasteiger partial charge in [-0.25, -0.2) is 19.7 Å². The predicted octanol–water partition coefficient (Wildman–Crippen LogP) is 3.58. The van der Waals surface area contributed by atoms with Crippen LogP contribution in [0.4, 0.5) is 10.3 Å². The summed E-state index contributed by atoms with van der Waals surface area (Å²) >= 11 is 1.38. The van der Waals surface area contributed by atoms with E-state index in [4.69, 9.17) is 4.74 Å². The van der Waals surface area contributed by atoms with E-state index in [0.29, 0.717) is 15.8 Å². The van der Waals surface area contributed by atoms with Crippen molar-refractivity contribution in [2.75, 3.05) is 11.9 Å². The number of carbonyl (C=O) groups is 1. The molecule has 6 nitrogen and oxygen atoms in total. The number of aromatic nitrogens is 3. The van der Waals surface area contributed by atoms with Gasteiger partial charge in [-0.2, -0.15) is 4.39 Å². The fraction of sp³-hybridized carbons (Fsp3) is 0.250. The number of rotatable bonds is 5. The lowest BCUT2D eigenvalue weighted by molar-refractivity contribution is 0.0522. The molecule has 1 N–H and O–H groups in total. The molecule has 0 spiro atoms. The molecule has 3 aromatic rings. The molecule has 0 bridgehead atoms. The first kappa shape index (κ1) is 16.3. The number of ether oxygens (including phenoxy) is 1. The molecule has 0 radical (unpaired) electrons. The molecule has 1 atom stereocenters. The largest absolute Gasteiger partial charge is 0.461 e. The number of pyridine rings is 1. The van der Waals surface area contributed by atoms with Gasteiger partial charge < -0.3 is 10.1 Å². The minimum absolute atomic E-state index is 0.229. The van der Waals surface area contributed by atoms with Crippen molar-refractivity contribution in [2.24, 2.45) is 0 Å². The summed E-state index contributed by atoms with van der Waals surface area (Å²) in [7, 11) is 0. The van der Waals surface area contributed by atoms with E-state index in [1.165, 1.54) is 23.6 Å². The Kier molecular flexibility index (Phi) is 4.66. The first-order chi connectivity index (χ1) is 11.6. The van der Waals surface area contributed by atoms with Crippen molar-refractivity contribution in [1.29, 1.82) is 0 Å². The molecule has 24 heavy (non-hydrogen) atoms. The number of thiophene rings is 1. The van der Waals surface area contributed by atoms with Crippen LogP contribution in [0.1, 0.15) is 35.9 Å². The summed E-state index contributed by atoms with van der Waals surface area (Å²) in [6, 6.07) is 4.60. The highest BCUT2D eigenvalue weighted by atomic mass is 32.1. The highest BCUT2D eigenvalue weighted by Gasteiger charge is 2.18. The monoisotopic (exact) mass is 346 g/mol. The van der Waals surface area contributed by atoms with Crippen LogP contribution in [0.15, 0.2) is 29.8 Å². The average molecular weight is 346 g/mol. The van der Waals surface area contributed by atoms with Gasteiger partial charge in [-0.15, -0.1) is 11.3 Å². The molecule has 0 aliphatic rings. The van der Waals surface area contributed by atoms with Crippen molar-refractivity contribution >= 4 is 33.5 Å². The smallest absolute Gasteiger partial charge is 0.358 e. The molecule has 0 unspecified atom stereocenters. The number of esters is 1. The standard InChI is InChI=1S/C16H15FN4O2S/c1-3-23-15(22)13-14-11(5-7-24-14)20-16(21-13)19-9(2)10-4-6-18-12(17)8-10/h4-9H,3H2,1-2H3,(H,19,20,21)/t9-/m0/s1. The van der Waals surface area contributed by atoms with E-state index in [2.05, 4.69) is 20.3 Å². The molecule has 0 amide bonds. The van der Waals surface area contributed by atoms with Gasteiger partial charge in [0, 0.05) is 6.20 Å². The highest BCUT2D eigenvalue weighted by molar-refractivity contribution is 7.17. The van der Waals surface area contributed by atoms with Gasteiger partial charge in [0.1, 0.15) is 0 Å². The lowest BCUT2D eigenvalue weighted by atomic mass is 10.1. The average Bonchev–Trinajstić information content (AvgIpc) is 3.02. The van der Waals surface area contributed by atoms with E-state index >= 15 is 0 Å². The molecular weight excluding hydrogens is 331 g/mol. The Balaban J connectivity index is 1.93. The Morgan fingerprint density at radius 3 is 3.00 bits per heavy atom. The van der Waals surface area contributed by atoms with Crippen molar-refractivity contribution < 1.29 is 13.9 Å². The van der Waals surface area contributed by atoms with Gasteiger partial charge in [0.2, 0.25) is 11.9 Å². The van der Waals surface area contributed by atoms with Crippen molar-refractivity contribution in [3.63, 3.8) is 0 Å². The number of nitrogens with one attached hydrogen (secondary N) is 1. The number of fused-ring (bicyclic) bond motifs is 1. The van der Waals surface area contributed by atoms with Crippen LogP contribution in [0.25, 0.3) is 10.2 Å². The van der Waals surface area contributed by atoms with Crippen molar-refractivity contribution in [1.82, 2.24) is 15.0 Å². The van der Waals surface area contributed by atoms with Gasteiger partial charge >= 0.3 is 5.97 Å². The Morgan fingerprint density at radius 2 is 2.25 bits per heavy atom. The second-order valence-corrected chi connectivity index (χ2v) is 5.95. The maximum absolute atomic E-state index is 13.3. The maximum Gasteiger partial charge on any atom is 0.358 e. The zero-order valence-corrected chi connectivity index (χ0v) is 13.9. The van der Waals surface area contributed by atoms with Crippen LogP contribution in [0.2, 0.25) is 0 Å². The van der Waals surface area contributed by atoms with Crippen molar-refractivity contribution in [3.8, 4) is 0 Å². The van der Waals surface area contributed by atoms with Crippen LogP contribution >= 0.6 is 11.3 Å². The van der Waals surface area contributed by atoms with Gasteiger partial charge in [-0.3, -0.25) is 0 Å². The first-order valence-electron chi connectivity index (χ1n) is 7.39. The molecule has 8 heteroatoms. The summed E-state index contributed by atoms with van der Waals surface area (Å²) in [5.41, 5.74) is 1.59. The quantitative estimate of drug-likeness (QED) is 0.562. The fourth-order valence-electron chi connectivity index (χ4n) is 2.23. The van der Waals surface area contributed by atoms with Crippen LogP contribution in [-0.2, 0) is 4.74 Å². The molecule has 124 valence electrons. The highest BCUT2D eigenvalue weighted by Crippen LogP contribution is 2.25. The SMILES string of the molecule is CCOC(=O)c1nc(N[C@@H](C)c2ccnc(F)c2)nc2ccsc12. The third-order valence-corrected chi connectivity index (χ3v) is 4.28. The van der Waals surface area contributed by atoms with Gasteiger partial charge in [0.05, 0.1) is 22.9 Å². The number of nitrogens with zero attached hydrogens (tertiary/aromatic N) is 3. The Hall–Kier alpha value is -2.61. The first-order valence-corrected chi connectivity index (χ1v) is 8.26. The summed E-state index contributed by atoms with van der Waals surface area (Å²) in [6.07, 6.45) is 1.40. The minimum atomic E-state index is -0.553. The second kappa shape index (κ2) is 6.88. The topological polar surface area (TPSA) is 77.0 Å². The van der Waals surface area contributed by atoms with E-state index < -0.39 is 11.9 Å². The minimum Gasteiger partial charge on any atom is -0.461 e. The van der Waals surface area contributed by atoms with Gasteiger partial charge in [0.25, 0.3) is 0 Å². The Labute approximate surface area is 141 Å². The fourth-order valence-corrected chi connectivity index (χ4v) is 3.04. The Bertz CT molecular complexity index is 883. The van der Waals surface area contributed by atoms with Crippen molar-refractivity contribution in [3.05, 3.63) is 47.0 Å². The lowest BCUT2D eigenvalue weighted by Gasteiger charge is -2.14. The van der Waals surface area contributed by atoms with Crippen molar-refractivity contribution in [2.45, 2.75) is 19.9 Å². The summed E-state index contributed by atoms with van der Waals surface area (Å²) in [6.45, 7) is 3.86. The van der Waals surface area contributed by atoms with Gasteiger partial charge in [0.15, 0.2) is 5.69 Å². The molecule has 0 saturated heterocycles. The van der Waals surface area contributed by atoms with Crippen LogP contribution in [0, 0.1) is 5.95 Å². The normalized spacial score (nSPS) is 12.1. The molecule has 3 heterocycles. The molecule has 3 aromatic heterocycles. The van der Waals surface area contributed by atoms with Gasteiger partial charge in [-0.05, 0) is 43.0 Å². The van der Waals surface area contributed by atoms with E-state index in [0.717, 1.165) is 0 Å². The number of hydrogen-bond acceptors (Lipinski definition) is 7. The molecule has 0 saturated carbocycles. The number of anilines is 1. The number of halogens is 1. The molecule has 0 aliphatic carbocycles. The molecule has 0 aromatic carbocycles. The van der Waals surface area contributed by atoms with Crippen LogP contribution in [-0.4, -0.2) is 27.5 Å². The number of carbonyl (C=O) groups excluding carboxylic acids is 1. The maximum atomic E-state index is 13.3. The molecular formula is C16H15FN4O2S. The summed E-state index contributed by atoms with van der Waals surface area (Å²) in [5, 5.41) is 4.93. The predicted molar refractivity (Wildman–Crippen MR) is 89.6 cm³/mol. The van der Waals surface area contributed by atoms with Crippen LogP contribution in [0.5, 0.6) is 0 Å². The molecule has 0 aliphatic heterocycles. The lowest BCUT2D eigenvalue weighted by Crippen LogP contribution is -2.13. The molecule has 0 fully saturated rings. The van der Waals surface area contributed by atoms with E-state index in [1.807, 2.05) is 18.4 Å². The third-order valence-electron chi connectivity index (χ3n) is 3.37. The zero-order valence-electron chi connectivity index (χ0n) is 13.1. The van der Waals surface area contributed by atoms with E-state index in [9.17, 15) is 9.18 Å². The third kappa shape index (κ3) is 3.33. The molecule has 3 rings (SSSR count). The van der Waals surface area contributed by atoms with Crippen LogP contribution in [0.3, 0.4) is 0 Å².